The van der Waals surface area contributed by atoms with Crippen molar-refractivity contribution in [1.29, 1.82) is 0 Å². The van der Waals surface area contributed by atoms with Crippen molar-refractivity contribution in [2.45, 2.75) is 18.2 Å². The number of carbonyl (C=O) groups is 1. The van der Waals surface area contributed by atoms with E-state index in [4.69, 9.17) is 10.0 Å². The van der Waals surface area contributed by atoms with Gasteiger partial charge in [-0.1, -0.05) is 25.1 Å². The maximum absolute atomic E-state index is 12.1. The van der Waals surface area contributed by atoms with E-state index in [1.54, 1.807) is 25.1 Å². The highest BCUT2D eigenvalue weighted by molar-refractivity contribution is 7.87. The highest BCUT2D eigenvalue weighted by Gasteiger charge is 2.17. The van der Waals surface area contributed by atoms with Crippen LogP contribution in [0.3, 0.4) is 0 Å². The lowest BCUT2D eigenvalue weighted by molar-refractivity contribution is -0.112. The molecule has 2 N–H and O–H groups in total. The van der Waals surface area contributed by atoms with Gasteiger partial charge in [0, 0.05) is 12.0 Å². The first-order valence-corrected chi connectivity index (χ1v) is 8.30. The van der Waals surface area contributed by atoms with Crippen molar-refractivity contribution in [3.05, 3.63) is 60.2 Å². The molecule has 6 nitrogen and oxygen atoms in total. The lowest BCUT2D eigenvalue weighted by Crippen LogP contribution is -2.16. The smallest absolute Gasteiger partial charge is 0.339 e. The number of carbonyl (C=O) groups excluding carboxylic acids is 1. The fourth-order valence-electron chi connectivity index (χ4n) is 1.91. The molecular weight excluding hydrogens is 316 g/mol. The molecule has 0 fully saturated rings. The van der Waals surface area contributed by atoms with E-state index < -0.39 is 10.1 Å². The van der Waals surface area contributed by atoms with Crippen LogP contribution in [0, 0.1) is 0 Å². The summed E-state index contributed by atoms with van der Waals surface area (Å²) in [6, 6.07) is 13.8. The van der Waals surface area contributed by atoms with Crippen molar-refractivity contribution < 1.29 is 17.4 Å². The van der Waals surface area contributed by atoms with E-state index in [0.717, 1.165) is 0 Å². The van der Waals surface area contributed by atoms with Crippen molar-refractivity contribution in [3.8, 4) is 5.75 Å². The second-order valence-corrected chi connectivity index (χ2v) is 6.18. The van der Waals surface area contributed by atoms with Crippen LogP contribution in [0.25, 0.3) is 0 Å². The third-order valence-electron chi connectivity index (χ3n) is 3.08. The zero-order valence-corrected chi connectivity index (χ0v) is 13.3. The van der Waals surface area contributed by atoms with Crippen LogP contribution in [0.2, 0.25) is 0 Å². The molecule has 2 aromatic carbocycles. The van der Waals surface area contributed by atoms with Crippen molar-refractivity contribution in [2.24, 2.45) is 10.9 Å². The molecule has 0 aliphatic heterocycles. The molecule has 0 atom stereocenters. The van der Waals surface area contributed by atoms with E-state index in [0.29, 0.717) is 5.56 Å². The first-order chi connectivity index (χ1) is 11.0. The van der Waals surface area contributed by atoms with Gasteiger partial charge in [0.1, 0.15) is 16.4 Å². The molecule has 0 aliphatic carbocycles. The largest absolute Gasteiger partial charge is 0.379 e. The van der Waals surface area contributed by atoms with Crippen molar-refractivity contribution in [2.75, 3.05) is 0 Å². The Morgan fingerprint density at radius 2 is 1.70 bits per heavy atom. The molecule has 0 saturated heterocycles. The summed E-state index contributed by atoms with van der Waals surface area (Å²) in [5.74, 6) is 5.18. The highest BCUT2D eigenvalue weighted by Crippen LogP contribution is 2.19. The fourth-order valence-corrected chi connectivity index (χ4v) is 2.86. The monoisotopic (exact) mass is 332 g/mol. The van der Waals surface area contributed by atoms with Gasteiger partial charge in [-0.05, 0) is 36.4 Å². The van der Waals surface area contributed by atoms with Gasteiger partial charge in [0.25, 0.3) is 0 Å². The minimum absolute atomic E-state index is 0.0643. The third kappa shape index (κ3) is 3.95. The van der Waals surface area contributed by atoms with Gasteiger partial charge >= 0.3 is 10.1 Å². The van der Waals surface area contributed by atoms with Gasteiger partial charge in [0.15, 0.2) is 5.78 Å². The van der Waals surface area contributed by atoms with Crippen LogP contribution in [0.1, 0.15) is 18.9 Å². The molecule has 0 amide bonds. The van der Waals surface area contributed by atoms with E-state index in [-0.39, 0.29) is 28.6 Å². The Morgan fingerprint density at radius 1 is 1.09 bits per heavy atom. The van der Waals surface area contributed by atoms with E-state index in [2.05, 4.69) is 5.10 Å². The van der Waals surface area contributed by atoms with E-state index in [1.807, 2.05) is 0 Å². The van der Waals surface area contributed by atoms with Gasteiger partial charge in [-0.25, -0.2) is 0 Å². The van der Waals surface area contributed by atoms with Crippen LogP contribution >= 0.6 is 0 Å². The lowest BCUT2D eigenvalue weighted by Gasteiger charge is -2.08. The average Bonchev–Trinajstić information content (AvgIpc) is 2.57. The van der Waals surface area contributed by atoms with Crippen molar-refractivity contribution in [3.63, 3.8) is 0 Å². The van der Waals surface area contributed by atoms with Crippen LogP contribution in [-0.4, -0.2) is 19.9 Å². The molecule has 0 saturated carbocycles. The Labute approximate surface area is 134 Å². The Hall–Kier alpha value is -2.67. The normalized spacial score (nSPS) is 12.0. The van der Waals surface area contributed by atoms with Crippen LogP contribution < -0.4 is 10.0 Å². The molecule has 0 unspecified atom stereocenters. The van der Waals surface area contributed by atoms with Crippen LogP contribution in [0.5, 0.6) is 5.75 Å². The standard InChI is InChI=1S/C16H16N2O4S/c1-2-15(19)16(18-17)12-8-10-13(11-9-12)22-23(20,21)14-6-4-3-5-7-14/h3-11H,2,17H2,1H3/b18-16+. The van der Waals surface area contributed by atoms with Gasteiger partial charge in [-0.2, -0.15) is 13.5 Å². The predicted octanol–water partition coefficient (Wildman–Crippen LogP) is 2.10. The molecule has 7 heteroatoms. The number of nitrogens with zero attached hydrogens (tertiary/aromatic N) is 1. The first kappa shape index (κ1) is 16.7. The minimum Gasteiger partial charge on any atom is -0.379 e. The number of rotatable bonds is 6. The summed E-state index contributed by atoms with van der Waals surface area (Å²) in [5.41, 5.74) is 0.647. The molecule has 120 valence electrons. The fraction of sp³-hybridized carbons (Fsp3) is 0.125. The van der Waals surface area contributed by atoms with Crippen LogP contribution in [0.15, 0.2) is 64.6 Å². The Balaban J connectivity index is 2.22. The van der Waals surface area contributed by atoms with Crippen LogP contribution in [-0.2, 0) is 14.9 Å². The minimum atomic E-state index is -3.89. The predicted molar refractivity (Wildman–Crippen MR) is 86.7 cm³/mol. The molecule has 23 heavy (non-hydrogen) atoms. The molecular formula is C16H16N2O4S. The summed E-state index contributed by atoms with van der Waals surface area (Å²) >= 11 is 0. The van der Waals surface area contributed by atoms with Crippen molar-refractivity contribution >= 4 is 21.6 Å². The number of hydrogen-bond donors (Lipinski definition) is 1. The maximum Gasteiger partial charge on any atom is 0.339 e. The Kier molecular flexibility index (Phi) is 5.13. The van der Waals surface area contributed by atoms with Crippen molar-refractivity contribution in [1.82, 2.24) is 0 Å². The molecule has 0 heterocycles. The number of benzene rings is 2. The molecule has 0 aromatic heterocycles. The van der Waals surface area contributed by atoms with E-state index >= 15 is 0 Å². The second kappa shape index (κ2) is 7.06. The average molecular weight is 332 g/mol. The van der Waals surface area contributed by atoms with Crippen LogP contribution in [0.4, 0.5) is 0 Å². The molecule has 0 radical (unpaired) electrons. The Morgan fingerprint density at radius 3 is 2.22 bits per heavy atom. The SMILES string of the molecule is CCC(=O)/C(=N/N)c1ccc(OS(=O)(=O)c2ccccc2)cc1. The number of ketones is 1. The van der Waals surface area contributed by atoms with E-state index in [9.17, 15) is 13.2 Å². The third-order valence-corrected chi connectivity index (χ3v) is 4.34. The zero-order chi connectivity index (χ0) is 16.9. The quantitative estimate of drug-likeness (QED) is 0.378. The van der Waals surface area contributed by atoms with Gasteiger partial charge in [-0.3, -0.25) is 4.79 Å². The molecule has 0 bridgehead atoms. The topological polar surface area (TPSA) is 98.8 Å². The summed E-state index contributed by atoms with van der Waals surface area (Å²) in [6.07, 6.45) is 0.274. The van der Waals surface area contributed by atoms with Gasteiger partial charge in [0.2, 0.25) is 0 Å². The van der Waals surface area contributed by atoms with Gasteiger partial charge in [-0.15, -0.1) is 0 Å². The molecule has 2 rings (SSSR count). The maximum atomic E-state index is 12.1. The number of hydrogen-bond acceptors (Lipinski definition) is 6. The summed E-state index contributed by atoms with van der Waals surface area (Å²) < 4.78 is 29.3. The summed E-state index contributed by atoms with van der Waals surface area (Å²) in [4.78, 5) is 11.8. The first-order valence-electron chi connectivity index (χ1n) is 6.89. The Bertz CT molecular complexity index is 813. The molecule has 0 aliphatic rings. The van der Waals surface area contributed by atoms with Gasteiger partial charge in [0.05, 0.1) is 0 Å². The number of Topliss-reactive ketones (excluding diaryl/α,β-unsaturated/α-hetero) is 1. The van der Waals surface area contributed by atoms with Gasteiger partial charge < -0.3 is 10.0 Å². The van der Waals surface area contributed by atoms with E-state index in [1.165, 1.54) is 36.4 Å². The summed E-state index contributed by atoms with van der Waals surface area (Å²) in [7, 11) is -3.89. The highest BCUT2D eigenvalue weighted by atomic mass is 32.2. The molecule has 2 aromatic rings. The second-order valence-electron chi connectivity index (χ2n) is 4.63. The summed E-state index contributed by atoms with van der Waals surface area (Å²) in [6.45, 7) is 1.71. The number of hydrazone groups is 1. The summed E-state index contributed by atoms with van der Waals surface area (Å²) in [5, 5.41) is 3.49. The lowest BCUT2D eigenvalue weighted by atomic mass is 10.1. The molecule has 0 spiro atoms. The number of nitrogens with two attached hydrogens (primary N) is 1. The zero-order valence-electron chi connectivity index (χ0n) is 12.5.